The minimum atomic E-state index is -1.02. The van der Waals surface area contributed by atoms with Gasteiger partial charge in [-0.05, 0) is 23.6 Å². The third kappa shape index (κ3) is 2.32. The van der Waals surface area contributed by atoms with Crippen molar-refractivity contribution in [2.24, 2.45) is 5.73 Å². The highest BCUT2D eigenvalue weighted by atomic mass is 32.1. The Morgan fingerprint density at radius 2 is 2.31 bits per heavy atom. The molecule has 0 aliphatic carbocycles. The summed E-state index contributed by atoms with van der Waals surface area (Å²) >= 11 is 1.58. The second-order valence-corrected chi connectivity index (χ2v) is 4.21. The highest BCUT2D eigenvalue weighted by molar-refractivity contribution is 7.08. The lowest BCUT2D eigenvalue weighted by atomic mass is 10.2. The van der Waals surface area contributed by atoms with Gasteiger partial charge in [0.15, 0.2) is 0 Å². The Kier molecular flexibility index (Phi) is 3.07. The van der Waals surface area contributed by atoms with Gasteiger partial charge in [-0.1, -0.05) is 0 Å². The Morgan fingerprint density at radius 1 is 1.50 bits per heavy atom. The van der Waals surface area contributed by atoms with Gasteiger partial charge in [0.2, 0.25) is 0 Å². The van der Waals surface area contributed by atoms with E-state index in [1.807, 2.05) is 22.9 Å². The summed E-state index contributed by atoms with van der Waals surface area (Å²) < 4.78 is 5.51. The van der Waals surface area contributed by atoms with E-state index >= 15 is 0 Å². The van der Waals surface area contributed by atoms with Crippen molar-refractivity contribution in [1.29, 1.82) is 0 Å². The van der Waals surface area contributed by atoms with Crippen molar-refractivity contribution < 1.29 is 14.3 Å². The number of hydrogen-bond donors (Lipinski definition) is 2. The molecule has 1 atom stereocenters. The standard InChI is InChI=1S/C11H11NO3S/c12-9(11(13)14)5-8-1-2-10(15-8)7-3-4-16-6-7/h1-4,6,9H,5,12H2,(H,13,14). The van der Waals surface area contributed by atoms with Gasteiger partial charge in [-0.15, -0.1) is 0 Å². The predicted molar refractivity (Wildman–Crippen MR) is 61.3 cm³/mol. The van der Waals surface area contributed by atoms with Crippen LogP contribution in [0, 0.1) is 0 Å². The van der Waals surface area contributed by atoms with E-state index < -0.39 is 12.0 Å². The molecular weight excluding hydrogens is 226 g/mol. The number of carboxylic acid groups (broad SMARTS) is 1. The average Bonchev–Trinajstić information content (AvgIpc) is 2.85. The van der Waals surface area contributed by atoms with E-state index in [2.05, 4.69) is 0 Å². The van der Waals surface area contributed by atoms with Crippen molar-refractivity contribution in [2.45, 2.75) is 12.5 Å². The van der Waals surface area contributed by atoms with Crippen LogP contribution in [0.25, 0.3) is 11.3 Å². The summed E-state index contributed by atoms with van der Waals surface area (Å²) in [5.41, 5.74) is 6.42. The maximum absolute atomic E-state index is 10.6. The number of rotatable bonds is 4. The predicted octanol–water partition coefficient (Wildman–Crippen LogP) is 1.96. The first-order chi connectivity index (χ1) is 7.66. The van der Waals surface area contributed by atoms with Crippen LogP contribution in [0.1, 0.15) is 5.76 Å². The topological polar surface area (TPSA) is 76.5 Å². The summed E-state index contributed by atoms with van der Waals surface area (Å²) in [5.74, 6) is 0.318. The molecule has 0 fully saturated rings. The molecule has 1 unspecified atom stereocenters. The van der Waals surface area contributed by atoms with Gasteiger partial charge in [0.05, 0.1) is 0 Å². The fourth-order valence-electron chi connectivity index (χ4n) is 1.35. The van der Waals surface area contributed by atoms with Gasteiger partial charge in [0, 0.05) is 17.4 Å². The minimum absolute atomic E-state index is 0.208. The minimum Gasteiger partial charge on any atom is -0.480 e. The van der Waals surface area contributed by atoms with E-state index in [1.54, 1.807) is 17.4 Å². The third-order valence-corrected chi connectivity index (χ3v) is 2.89. The van der Waals surface area contributed by atoms with E-state index in [4.69, 9.17) is 15.3 Å². The van der Waals surface area contributed by atoms with Gasteiger partial charge in [-0.3, -0.25) is 4.79 Å². The fraction of sp³-hybridized carbons (Fsp3) is 0.182. The van der Waals surface area contributed by atoms with E-state index in [9.17, 15) is 4.79 Å². The zero-order valence-electron chi connectivity index (χ0n) is 8.42. The molecule has 16 heavy (non-hydrogen) atoms. The molecule has 0 spiro atoms. The molecule has 0 saturated heterocycles. The van der Waals surface area contributed by atoms with Gasteiger partial charge in [0.1, 0.15) is 17.6 Å². The Balaban J connectivity index is 2.11. The van der Waals surface area contributed by atoms with E-state index in [-0.39, 0.29) is 6.42 Å². The molecule has 0 aromatic carbocycles. The number of carbonyl (C=O) groups is 1. The van der Waals surface area contributed by atoms with Crippen molar-refractivity contribution in [3.05, 3.63) is 34.7 Å². The third-order valence-electron chi connectivity index (χ3n) is 2.21. The van der Waals surface area contributed by atoms with Gasteiger partial charge in [-0.25, -0.2) is 0 Å². The van der Waals surface area contributed by atoms with Gasteiger partial charge >= 0.3 is 5.97 Å². The highest BCUT2D eigenvalue weighted by Gasteiger charge is 2.14. The largest absolute Gasteiger partial charge is 0.480 e. The average molecular weight is 237 g/mol. The summed E-state index contributed by atoms with van der Waals surface area (Å²) in [4.78, 5) is 10.6. The van der Waals surface area contributed by atoms with Crippen LogP contribution in [-0.2, 0) is 11.2 Å². The molecule has 2 rings (SSSR count). The molecular formula is C11H11NO3S. The normalized spacial score (nSPS) is 12.6. The fourth-order valence-corrected chi connectivity index (χ4v) is 2.00. The molecule has 0 saturated carbocycles. The molecule has 0 aliphatic heterocycles. The molecule has 2 aromatic rings. The number of nitrogens with two attached hydrogens (primary N) is 1. The van der Waals surface area contributed by atoms with Gasteiger partial charge < -0.3 is 15.3 Å². The number of furan rings is 1. The summed E-state index contributed by atoms with van der Waals surface area (Å²) in [6.45, 7) is 0. The lowest BCUT2D eigenvalue weighted by molar-refractivity contribution is -0.138. The number of carboxylic acids is 1. The van der Waals surface area contributed by atoms with Crippen molar-refractivity contribution in [1.82, 2.24) is 0 Å². The number of aliphatic carboxylic acids is 1. The maximum atomic E-state index is 10.6. The van der Waals surface area contributed by atoms with Crippen LogP contribution in [0.3, 0.4) is 0 Å². The van der Waals surface area contributed by atoms with Crippen molar-refractivity contribution >= 4 is 17.3 Å². The number of thiophene rings is 1. The van der Waals surface area contributed by atoms with Crippen molar-refractivity contribution in [3.63, 3.8) is 0 Å². The summed E-state index contributed by atoms with van der Waals surface area (Å²) in [5, 5.41) is 12.6. The van der Waals surface area contributed by atoms with Crippen molar-refractivity contribution in [3.8, 4) is 11.3 Å². The van der Waals surface area contributed by atoms with Crippen LogP contribution in [0.2, 0.25) is 0 Å². The van der Waals surface area contributed by atoms with Gasteiger partial charge in [0.25, 0.3) is 0 Å². The molecule has 4 nitrogen and oxygen atoms in total. The summed E-state index contributed by atoms with van der Waals surface area (Å²) in [6.07, 6.45) is 0.208. The molecule has 0 bridgehead atoms. The molecule has 2 heterocycles. The van der Waals surface area contributed by atoms with E-state index in [1.165, 1.54) is 0 Å². The lowest BCUT2D eigenvalue weighted by Gasteiger charge is -2.02. The molecule has 0 amide bonds. The Morgan fingerprint density at radius 3 is 2.94 bits per heavy atom. The zero-order valence-corrected chi connectivity index (χ0v) is 9.24. The first-order valence-electron chi connectivity index (χ1n) is 4.76. The second-order valence-electron chi connectivity index (χ2n) is 3.43. The van der Waals surface area contributed by atoms with E-state index in [0.29, 0.717) is 5.76 Å². The Hall–Kier alpha value is -1.59. The molecule has 84 valence electrons. The molecule has 0 radical (unpaired) electrons. The van der Waals surface area contributed by atoms with Crippen LogP contribution in [0.15, 0.2) is 33.4 Å². The monoisotopic (exact) mass is 237 g/mol. The number of hydrogen-bond acceptors (Lipinski definition) is 4. The molecule has 0 aliphatic rings. The van der Waals surface area contributed by atoms with Crippen LogP contribution >= 0.6 is 11.3 Å². The van der Waals surface area contributed by atoms with Crippen LogP contribution in [-0.4, -0.2) is 17.1 Å². The smallest absolute Gasteiger partial charge is 0.320 e. The SMILES string of the molecule is NC(Cc1ccc(-c2ccsc2)o1)C(=O)O. The summed E-state index contributed by atoms with van der Waals surface area (Å²) in [7, 11) is 0. The highest BCUT2D eigenvalue weighted by Crippen LogP contribution is 2.24. The molecule has 5 heteroatoms. The summed E-state index contributed by atoms with van der Waals surface area (Å²) in [6, 6.07) is 4.62. The second kappa shape index (κ2) is 4.51. The maximum Gasteiger partial charge on any atom is 0.320 e. The molecule has 3 N–H and O–H groups in total. The molecule has 2 aromatic heterocycles. The van der Waals surface area contributed by atoms with Crippen LogP contribution in [0.4, 0.5) is 0 Å². The Bertz CT molecular complexity index is 475. The lowest BCUT2D eigenvalue weighted by Crippen LogP contribution is -2.32. The zero-order chi connectivity index (χ0) is 11.5. The van der Waals surface area contributed by atoms with Crippen LogP contribution in [0.5, 0.6) is 0 Å². The van der Waals surface area contributed by atoms with E-state index in [0.717, 1.165) is 11.3 Å². The van der Waals surface area contributed by atoms with Gasteiger partial charge in [-0.2, -0.15) is 11.3 Å². The first kappa shape index (κ1) is 10.9. The van der Waals surface area contributed by atoms with Crippen molar-refractivity contribution in [2.75, 3.05) is 0 Å². The first-order valence-corrected chi connectivity index (χ1v) is 5.71. The Labute approximate surface area is 96.3 Å². The van der Waals surface area contributed by atoms with Crippen LogP contribution < -0.4 is 5.73 Å². The quantitative estimate of drug-likeness (QED) is 0.852.